The summed E-state index contributed by atoms with van der Waals surface area (Å²) in [7, 11) is 0. The third-order valence-electron chi connectivity index (χ3n) is 5.28. The number of hydrogen-bond acceptors (Lipinski definition) is 7. The number of pyridine rings is 1. The minimum atomic E-state index is -0.680. The number of fused-ring (bicyclic) bond motifs is 1. The number of ether oxygens (including phenoxy) is 2. The Kier molecular flexibility index (Phi) is 5.35. The second-order valence-electron chi connectivity index (χ2n) is 7.10. The van der Waals surface area contributed by atoms with E-state index in [0.717, 1.165) is 23.8 Å². The number of H-pyrrole nitrogens is 1. The monoisotopic (exact) mass is 397 g/mol. The molecule has 2 aliphatic heterocycles. The molecule has 0 atom stereocenters. The number of carbonyl (C=O) groups is 2. The first-order valence-electron chi connectivity index (χ1n) is 9.76. The molecule has 0 amide bonds. The maximum Gasteiger partial charge on any atom is 0.347 e. The highest BCUT2D eigenvalue weighted by molar-refractivity contribution is 6.26. The van der Waals surface area contributed by atoms with Gasteiger partial charge < -0.3 is 24.5 Å². The largest absolute Gasteiger partial charge is 0.462 e. The van der Waals surface area contributed by atoms with Gasteiger partial charge in [0, 0.05) is 43.0 Å². The van der Waals surface area contributed by atoms with E-state index < -0.39 is 11.8 Å². The minimum Gasteiger partial charge on any atom is -0.462 e. The molecular weight excluding hydrogens is 374 g/mol. The van der Waals surface area contributed by atoms with Crippen molar-refractivity contribution in [1.29, 1.82) is 0 Å². The lowest BCUT2D eigenvalue weighted by Crippen LogP contribution is -2.35. The van der Waals surface area contributed by atoms with Crippen LogP contribution in [-0.2, 0) is 19.1 Å². The van der Waals surface area contributed by atoms with Crippen molar-refractivity contribution in [3.05, 3.63) is 47.3 Å². The number of hydrogen-bond donors (Lipinski definition) is 2. The molecular formula is C21H23N3O5. The van der Waals surface area contributed by atoms with Gasteiger partial charge in [-0.25, -0.2) is 9.78 Å². The number of allylic oxidation sites excluding steroid dienone is 1. The predicted octanol–water partition coefficient (Wildman–Crippen LogP) is 1.98. The van der Waals surface area contributed by atoms with Crippen LogP contribution in [0.2, 0.25) is 0 Å². The number of aromatic nitrogens is 2. The lowest BCUT2D eigenvalue weighted by Gasteiger charge is -2.32. The SMILES string of the molecule is CCOC(=O)C1=C(N2CCC(CO)CC2)O/C(=C\c2c[nH]c3ncccc23)C1=O. The van der Waals surface area contributed by atoms with Crippen LogP contribution in [0.1, 0.15) is 25.3 Å². The zero-order chi connectivity index (χ0) is 20.4. The van der Waals surface area contributed by atoms with E-state index in [0.29, 0.717) is 18.7 Å². The van der Waals surface area contributed by atoms with E-state index in [4.69, 9.17) is 9.47 Å². The van der Waals surface area contributed by atoms with Crippen molar-refractivity contribution < 1.29 is 24.2 Å². The summed E-state index contributed by atoms with van der Waals surface area (Å²) in [6, 6.07) is 3.71. The van der Waals surface area contributed by atoms with Crippen LogP contribution in [0.3, 0.4) is 0 Å². The van der Waals surface area contributed by atoms with E-state index in [2.05, 4.69) is 9.97 Å². The predicted molar refractivity (Wildman–Crippen MR) is 105 cm³/mol. The fourth-order valence-electron chi connectivity index (χ4n) is 3.68. The summed E-state index contributed by atoms with van der Waals surface area (Å²) in [6.45, 7) is 3.20. The molecule has 2 aromatic heterocycles. The number of aliphatic hydroxyl groups excluding tert-OH is 1. The number of aromatic amines is 1. The summed E-state index contributed by atoms with van der Waals surface area (Å²) in [5, 5.41) is 10.2. The third kappa shape index (κ3) is 3.63. The van der Waals surface area contributed by atoms with Crippen LogP contribution in [0.15, 0.2) is 41.7 Å². The van der Waals surface area contributed by atoms with Crippen molar-refractivity contribution in [3.63, 3.8) is 0 Å². The molecule has 8 nitrogen and oxygen atoms in total. The molecule has 2 aliphatic rings. The third-order valence-corrected chi connectivity index (χ3v) is 5.28. The Morgan fingerprint density at radius 3 is 2.97 bits per heavy atom. The quantitative estimate of drug-likeness (QED) is 0.452. The lowest BCUT2D eigenvalue weighted by molar-refractivity contribution is -0.139. The molecule has 0 bridgehead atoms. The Balaban J connectivity index is 1.66. The number of esters is 1. The zero-order valence-electron chi connectivity index (χ0n) is 16.2. The van der Waals surface area contributed by atoms with Crippen molar-refractivity contribution in [2.75, 3.05) is 26.3 Å². The number of piperidine rings is 1. The summed E-state index contributed by atoms with van der Waals surface area (Å²) in [5.74, 6) is -0.614. The summed E-state index contributed by atoms with van der Waals surface area (Å²) in [4.78, 5) is 34.7. The first-order chi connectivity index (χ1) is 14.1. The Labute approximate surface area is 167 Å². The van der Waals surface area contributed by atoms with E-state index in [1.165, 1.54) is 0 Å². The van der Waals surface area contributed by atoms with Crippen molar-refractivity contribution in [1.82, 2.24) is 14.9 Å². The van der Waals surface area contributed by atoms with Crippen molar-refractivity contribution >= 4 is 28.9 Å². The number of Topliss-reactive ketones (excluding diaryl/α,β-unsaturated/α-hetero) is 1. The first-order valence-corrected chi connectivity index (χ1v) is 9.76. The molecule has 152 valence electrons. The van der Waals surface area contributed by atoms with Gasteiger partial charge >= 0.3 is 5.97 Å². The van der Waals surface area contributed by atoms with E-state index in [9.17, 15) is 14.7 Å². The summed E-state index contributed by atoms with van der Waals surface area (Å²) < 4.78 is 11.0. The van der Waals surface area contributed by atoms with Crippen molar-refractivity contribution in [3.8, 4) is 0 Å². The van der Waals surface area contributed by atoms with E-state index in [-0.39, 0.29) is 36.3 Å². The highest BCUT2D eigenvalue weighted by Gasteiger charge is 2.40. The fraction of sp³-hybridized carbons (Fsp3) is 0.381. The van der Waals surface area contributed by atoms with Crippen LogP contribution < -0.4 is 0 Å². The van der Waals surface area contributed by atoms with Gasteiger partial charge in [-0.3, -0.25) is 4.79 Å². The molecule has 0 radical (unpaired) electrons. The second kappa shape index (κ2) is 8.08. The average molecular weight is 397 g/mol. The van der Waals surface area contributed by atoms with Gasteiger partial charge in [0.15, 0.2) is 11.3 Å². The Morgan fingerprint density at radius 1 is 1.45 bits per heavy atom. The second-order valence-corrected chi connectivity index (χ2v) is 7.10. The van der Waals surface area contributed by atoms with Gasteiger partial charge in [-0.1, -0.05) is 0 Å². The number of nitrogens with one attached hydrogen (secondary N) is 1. The molecule has 1 fully saturated rings. The number of likely N-dealkylation sites (tertiary alicyclic amines) is 1. The highest BCUT2D eigenvalue weighted by Crippen LogP contribution is 2.33. The van der Waals surface area contributed by atoms with E-state index in [1.54, 1.807) is 25.4 Å². The molecule has 0 spiro atoms. The summed E-state index contributed by atoms with van der Waals surface area (Å²) in [6.07, 6.45) is 6.58. The maximum atomic E-state index is 13.0. The summed E-state index contributed by atoms with van der Waals surface area (Å²) in [5.41, 5.74) is 1.38. The van der Waals surface area contributed by atoms with Crippen LogP contribution in [0.25, 0.3) is 17.1 Å². The molecule has 1 saturated heterocycles. The normalized spacial score (nSPS) is 19.3. The van der Waals surface area contributed by atoms with Crippen LogP contribution in [0.4, 0.5) is 0 Å². The number of carbonyl (C=O) groups excluding carboxylic acids is 2. The molecule has 8 heteroatoms. The van der Waals surface area contributed by atoms with Crippen molar-refractivity contribution in [2.24, 2.45) is 5.92 Å². The fourth-order valence-corrected chi connectivity index (χ4v) is 3.68. The van der Waals surface area contributed by atoms with Gasteiger partial charge in [0.05, 0.1) is 6.61 Å². The van der Waals surface area contributed by atoms with Crippen LogP contribution in [0, 0.1) is 5.92 Å². The molecule has 0 aliphatic carbocycles. The Bertz CT molecular complexity index is 999. The molecule has 2 N–H and O–H groups in total. The maximum absolute atomic E-state index is 13.0. The van der Waals surface area contributed by atoms with Crippen molar-refractivity contribution in [2.45, 2.75) is 19.8 Å². The standard InChI is InChI=1S/C21H23N3O5/c1-2-28-21(27)17-18(26)16(10-14-11-23-19-15(14)4-3-7-22-19)29-20(17)24-8-5-13(12-25)6-9-24/h3-4,7,10-11,13,25H,2,5-6,8-9,12H2,1H3,(H,22,23)/b16-10-. The Morgan fingerprint density at radius 2 is 2.24 bits per heavy atom. The molecule has 4 rings (SSSR count). The van der Waals surface area contributed by atoms with Gasteiger partial charge in [0.25, 0.3) is 0 Å². The van der Waals surface area contributed by atoms with Gasteiger partial charge in [-0.2, -0.15) is 0 Å². The van der Waals surface area contributed by atoms with Gasteiger partial charge in [0.2, 0.25) is 11.7 Å². The summed E-state index contributed by atoms with van der Waals surface area (Å²) >= 11 is 0. The molecule has 0 aromatic carbocycles. The first kappa shape index (κ1) is 19.2. The highest BCUT2D eigenvalue weighted by atomic mass is 16.5. The van der Waals surface area contributed by atoms with E-state index in [1.807, 2.05) is 17.0 Å². The van der Waals surface area contributed by atoms with Crippen LogP contribution in [0.5, 0.6) is 0 Å². The molecule has 0 saturated carbocycles. The molecule has 2 aromatic rings. The number of ketones is 1. The van der Waals surface area contributed by atoms with E-state index >= 15 is 0 Å². The number of nitrogens with zero attached hydrogens (tertiary/aromatic N) is 2. The smallest absolute Gasteiger partial charge is 0.347 e. The van der Waals surface area contributed by atoms with Gasteiger partial charge in [-0.15, -0.1) is 0 Å². The lowest BCUT2D eigenvalue weighted by atomic mass is 9.98. The Hall–Kier alpha value is -3.13. The molecule has 29 heavy (non-hydrogen) atoms. The van der Waals surface area contributed by atoms with Crippen LogP contribution >= 0.6 is 0 Å². The number of aliphatic hydroxyl groups is 1. The minimum absolute atomic E-state index is 0.0708. The van der Waals surface area contributed by atoms with Crippen LogP contribution in [-0.4, -0.2) is 58.0 Å². The van der Waals surface area contributed by atoms with Gasteiger partial charge in [-0.05, 0) is 43.9 Å². The molecule has 4 heterocycles. The average Bonchev–Trinajstić information content (AvgIpc) is 3.30. The molecule has 0 unspecified atom stereocenters. The topological polar surface area (TPSA) is 105 Å². The zero-order valence-corrected chi connectivity index (χ0v) is 16.2. The number of rotatable bonds is 5. The van der Waals surface area contributed by atoms with Gasteiger partial charge in [0.1, 0.15) is 5.65 Å².